The minimum atomic E-state index is -0.541. The van der Waals surface area contributed by atoms with Crippen molar-refractivity contribution in [2.75, 3.05) is 17.2 Å². The Morgan fingerprint density at radius 3 is 2.20 bits per heavy atom. The fourth-order valence-corrected chi connectivity index (χ4v) is 5.18. The first-order valence-electron chi connectivity index (χ1n) is 14.9. The largest absolute Gasteiger partial charge is 0.444 e. The number of nitrogens with zero attached hydrogens (tertiary/aromatic N) is 4. The van der Waals surface area contributed by atoms with Crippen molar-refractivity contribution in [3.05, 3.63) is 94.1 Å². The van der Waals surface area contributed by atoms with Gasteiger partial charge in [0.1, 0.15) is 10.6 Å². The van der Waals surface area contributed by atoms with Crippen LogP contribution in [-0.2, 0) is 46.4 Å². The van der Waals surface area contributed by atoms with Crippen molar-refractivity contribution >= 4 is 40.2 Å². The zero-order valence-electron chi connectivity index (χ0n) is 25.8. The molecule has 0 unspecified atom stereocenters. The maximum atomic E-state index is 12.6. The minimum absolute atomic E-state index is 0.133. The molecule has 0 spiro atoms. The summed E-state index contributed by atoms with van der Waals surface area (Å²) in [7, 11) is 0. The summed E-state index contributed by atoms with van der Waals surface area (Å²) in [5.74, 6) is 0.134. The lowest BCUT2D eigenvalue weighted by molar-refractivity contribution is -0.116. The lowest BCUT2D eigenvalue weighted by Gasteiger charge is -2.19. The topological polar surface area (TPSA) is 148 Å². The zero-order valence-corrected chi connectivity index (χ0v) is 26.7. The Labute approximate surface area is 267 Å². The van der Waals surface area contributed by atoms with Crippen molar-refractivity contribution < 1.29 is 19.1 Å². The Kier molecular flexibility index (Phi) is 12.1. The highest BCUT2D eigenvalue weighted by molar-refractivity contribution is 7.15. The predicted molar refractivity (Wildman–Crippen MR) is 174 cm³/mol. The third kappa shape index (κ3) is 12.4. The Bertz CT molecular complexity index is 1550. The third-order valence-corrected chi connectivity index (χ3v) is 7.32. The molecule has 12 heteroatoms. The Hall–Kier alpha value is -4.71. The molecule has 0 saturated carbocycles. The summed E-state index contributed by atoms with van der Waals surface area (Å²) in [5, 5.41) is 26.4. The fraction of sp³-hybridized carbons (Fsp3) is 0.364. The van der Waals surface area contributed by atoms with E-state index < -0.39 is 11.7 Å². The summed E-state index contributed by atoms with van der Waals surface area (Å²) in [5.41, 5.74) is 3.14. The number of benzene rings is 2. The van der Waals surface area contributed by atoms with E-state index in [1.165, 1.54) is 11.3 Å². The number of nitrogens with one attached hydrogen (secondary N) is 3. The third-order valence-electron chi connectivity index (χ3n) is 6.42. The smallest absolute Gasteiger partial charge is 0.407 e. The van der Waals surface area contributed by atoms with Crippen LogP contribution in [0.4, 0.5) is 15.7 Å². The van der Waals surface area contributed by atoms with Crippen LogP contribution in [0.25, 0.3) is 0 Å². The van der Waals surface area contributed by atoms with Gasteiger partial charge in [-0.2, -0.15) is 5.10 Å². The van der Waals surface area contributed by atoms with Gasteiger partial charge >= 0.3 is 6.09 Å². The van der Waals surface area contributed by atoms with Crippen LogP contribution in [-0.4, -0.2) is 50.4 Å². The molecule has 0 atom stereocenters. The number of ether oxygens (including phenoxy) is 1. The Balaban J connectivity index is 1.13. The van der Waals surface area contributed by atoms with Gasteiger partial charge in [-0.1, -0.05) is 65.9 Å². The molecule has 2 heterocycles. The molecule has 0 aliphatic heterocycles. The van der Waals surface area contributed by atoms with Gasteiger partial charge in [0.05, 0.1) is 18.5 Å². The van der Waals surface area contributed by atoms with E-state index in [-0.39, 0.29) is 24.7 Å². The first-order chi connectivity index (χ1) is 21.6. The first kappa shape index (κ1) is 33.2. The molecule has 0 radical (unpaired) electrons. The van der Waals surface area contributed by atoms with E-state index in [0.29, 0.717) is 23.9 Å². The Morgan fingerprint density at radius 2 is 1.44 bits per heavy atom. The summed E-state index contributed by atoms with van der Waals surface area (Å²) in [6.45, 7) is 5.90. The van der Waals surface area contributed by atoms with Crippen molar-refractivity contribution in [3.8, 4) is 0 Å². The van der Waals surface area contributed by atoms with Crippen LogP contribution >= 0.6 is 11.3 Å². The molecule has 45 heavy (non-hydrogen) atoms. The molecule has 0 aliphatic carbocycles. The van der Waals surface area contributed by atoms with E-state index in [2.05, 4.69) is 36.3 Å². The Morgan fingerprint density at radius 1 is 0.733 bits per heavy atom. The van der Waals surface area contributed by atoms with E-state index in [0.717, 1.165) is 53.1 Å². The van der Waals surface area contributed by atoms with Gasteiger partial charge in [-0.25, -0.2) is 4.79 Å². The van der Waals surface area contributed by atoms with Gasteiger partial charge in [-0.05, 0) is 75.3 Å². The van der Waals surface area contributed by atoms with Crippen molar-refractivity contribution in [2.24, 2.45) is 0 Å². The highest BCUT2D eigenvalue weighted by Crippen LogP contribution is 2.18. The molecule has 3 amide bonds. The first-order valence-corrected chi connectivity index (χ1v) is 15.8. The molecule has 0 fully saturated rings. The number of amides is 3. The van der Waals surface area contributed by atoms with Crippen molar-refractivity contribution in [1.82, 2.24) is 25.7 Å². The van der Waals surface area contributed by atoms with Crippen molar-refractivity contribution in [3.63, 3.8) is 0 Å². The number of aromatic nitrogens is 4. The number of hydrogen-bond donors (Lipinski definition) is 3. The van der Waals surface area contributed by atoms with E-state index in [1.54, 1.807) is 6.07 Å². The second-order valence-electron chi connectivity index (χ2n) is 11.6. The van der Waals surface area contributed by atoms with E-state index in [1.807, 2.05) is 81.4 Å². The lowest BCUT2D eigenvalue weighted by Crippen LogP contribution is -2.33. The molecule has 0 saturated heterocycles. The molecule has 0 bridgehead atoms. The standard InChI is InChI=1S/C33H39N7O4S/c1-33(2,3)44-32(43)34-19-18-24-12-9-13-25(20-24)22-29(42)36-31-40-39-30(45-31)15-8-7-14-26-16-17-27(38-37-26)35-28(41)21-23-10-5-4-6-11-23/h4-6,9-13,16-17,20H,7-8,14-15,18-19,21-22H2,1-3H3,(H,34,43)(H,35,38,41)(H,36,40,42). The summed E-state index contributed by atoms with van der Waals surface area (Å²) in [4.78, 5) is 36.7. The van der Waals surface area contributed by atoms with Gasteiger partial charge in [0.2, 0.25) is 16.9 Å². The van der Waals surface area contributed by atoms with Gasteiger partial charge in [-0.3, -0.25) is 9.59 Å². The molecule has 4 aromatic rings. The van der Waals surface area contributed by atoms with Gasteiger partial charge < -0.3 is 20.7 Å². The van der Waals surface area contributed by atoms with Gasteiger partial charge in [0, 0.05) is 13.0 Å². The number of anilines is 2. The number of rotatable bonds is 14. The average Bonchev–Trinajstić information content (AvgIpc) is 3.42. The van der Waals surface area contributed by atoms with Gasteiger partial charge in [0.15, 0.2) is 5.82 Å². The highest BCUT2D eigenvalue weighted by Gasteiger charge is 2.16. The predicted octanol–water partition coefficient (Wildman–Crippen LogP) is 5.32. The number of unbranched alkanes of at least 4 members (excludes halogenated alkanes) is 1. The maximum absolute atomic E-state index is 12.6. The zero-order chi connectivity index (χ0) is 32.1. The lowest BCUT2D eigenvalue weighted by atomic mass is 10.1. The molecular weight excluding hydrogens is 590 g/mol. The second-order valence-corrected chi connectivity index (χ2v) is 12.6. The van der Waals surface area contributed by atoms with E-state index >= 15 is 0 Å². The summed E-state index contributed by atoms with van der Waals surface area (Å²) in [6, 6.07) is 20.9. The summed E-state index contributed by atoms with van der Waals surface area (Å²) in [6.07, 6.45) is 3.94. The number of carbonyl (C=O) groups excluding carboxylic acids is 3. The van der Waals surface area contributed by atoms with Crippen LogP contribution in [0.2, 0.25) is 0 Å². The molecular formula is C33H39N7O4S. The SMILES string of the molecule is CC(C)(C)OC(=O)NCCc1cccc(CC(=O)Nc2nnc(CCCCc3ccc(NC(=O)Cc4ccccc4)nn3)s2)c1. The normalized spacial score (nSPS) is 11.1. The van der Waals surface area contributed by atoms with Crippen molar-refractivity contribution in [1.29, 1.82) is 0 Å². The number of carbonyl (C=O) groups is 3. The molecule has 2 aromatic heterocycles. The van der Waals surface area contributed by atoms with Gasteiger partial charge in [0.25, 0.3) is 0 Å². The molecule has 236 valence electrons. The monoisotopic (exact) mass is 629 g/mol. The minimum Gasteiger partial charge on any atom is -0.444 e. The molecule has 4 rings (SSSR count). The number of alkyl carbamates (subject to hydrolysis) is 1. The van der Waals surface area contributed by atoms with Gasteiger partial charge in [-0.15, -0.1) is 15.3 Å². The van der Waals surface area contributed by atoms with Crippen LogP contribution in [0.3, 0.4) is 0 Å². The molecule has 0 aliphatic rings. The molecule has 2 aromatic carbocycles. The number of hydrogen-bond acceptors (Lipinski definition) is 9. The summed E-state index contributed by atoms with van der Waals surface area (Å²) >= 11 is 1.37. The van der Waals surface area contributed by atoms with Crippen LogP contribution < -0.4 is 16.0 Å². The van der Waals surface area contributed by atoms with Crippen molar-refractivity contribution in [2.45, 2.75) is 71.3 Å². The molecule has 11 nitrogen and oxygen atoms in total. The summed E-state index contributed by atoms with van der Waals surface area (Å²) < 4.78 is 5.25. The van der Waals surface area contributed by atoms with E-state index in [9.17, 15) is 14.4 Å². The molecule has 3 N–H and O–H groups in total. The van der Waals surface area contributed by atoms with E-state index in [4.69, 9.17) is 4.74 Å². The van der Waals surface area contributed by atoms with Crippen LogP contribution in [0.5, 0.6) is 0 Å². The quantitative estimate of drug-likeness (QED) is 0.159. The maximum Gasteiger partial charge on any atom is 0.407 e. The number of aryl methyl sites for hydroxylation is 2. The fourth-order valence-electron chi connectivity index (χ4n) is 4.38. The highest BCUT2D eigenvalue weighted by atomic mass is 32.1. The average molecular weight is 630 g/mol. The second kappa shape index (κ2) is 16.4. The van der Waals surface area contributed by atoms with Crippen LogP contribution in [0.15, 0.2) is 66.7 Å². The van der Waals surface area contributed by atoms with Crippen LogP contribution in [0.1, 0.15) is 61.0 Å². The van der Waals surface area contributed by atoms with Crippen LogP contribution in [0, 0.1) is 0 Å².